The molecule has 0 amide bonds. The molecule has 2 aromatic rings. The number of pyridine rings is 1. The van der Waals surface area contributed by atoms with Crippen molar-refractivity contribution in [3.63, 3.8) is 0 Å². The van der Waals surface area contributed by atoms with Gasteiger partial charge in [-0.3, -0.25) is 9.78 Å². The standard InChI is InChI=1S/C16H15Cl2NO3/c17-12-3-1-10(2-4-12)16(22)14(5-6-15(20)21)11-7-13(18)9-19-8-11/h1-4,7-9,14,16,22H,5-6H2,(H,20,21). The van der Waals surface area contributed by atoms with Crippen molar-refractivity contribution in [3.05, 3.63) is 63.9 Å². The van der Waals surface area contributed by atoms with Gasteiger partial charge in [-0.1, -0.05) is 35.3 Å². The maximum absolute atomic E-state index is 10.9. The summed E-state index contributed by atoms with van der Waals surface area (Å²) in [5.41, 5.74) is 1.37. The van der Waals surface area contributed by atoms with Gasteiger partial charge in [-0.25, -0.2) is 0 Å². The van der Waals surface area contributed by atoms with Gasteiger partial charge in [0.05, 0.1) is 11.1 Å². The number of carboxylic acid groups (broad SMARTS) is 1. The molecule has 0 fully saturated rings. The monoisotopic (exact) mass is 339 g/mol. The van der Waals surface area contributed by atoms with E-state index in [4.69, 9.17) is 28.3 Å². The zero-order valence-corrected chi connectivity index (χ0v) is 13.1. The first-order valence-corrected chi connectivity index (χ1v) is 7.48. The van der Waals surface area contributed by atoms with E-state index in [1.807, 2.05) is 0 Å². The summed E-state index contributed by atoms with van der Waals surface area (Å²) in [6.07, 6.45) is 2.45. The second-order valence-corrected chi connectivity index (χ2v) is 5.84. The highest BCUT2D eigenvalue weighted by atomic mass is 35.5. The minimum absolute atomic E-state index is 0.0537. The number of rotatable bonds is 6. The number of hydrogen-bond donors (Lipinski definition) is 2. The Morgan fingerprint density at radius 3 is 2.36 bits per heavy atom. The Kier molecular flexibility index (Phi) is 5.77. The number of carbonyl (C=O) groups is 1. The summed E-state index contributed by atoms with van der Waals surface area (Å²) in [7, 11) is 0. The lowest BCUT2D eigenvalue weighted by molar-refractivity contribution is -0.137. The highest BCUT2D eigenvalue weighted by molar-refractivity contribution is 6.30. The van der Waals surface area contributed by atoms with Crippen LogP contribution in [-0.4, -0.2) is 21.2 Å². The van der Waals surface area contributed by atoms with E-state index < -0.39 is 18.0 Å². The van der Waals surface area contributed by atoms with Gasteiger partial charge in [0, 0.05) is 29.8 Å². The molecule has 0 spiro atoms. The van der Waals surface area contributed by atoms with Crippen LogP contribution in [0, 0.1) is 0 Å². The predicted octanol–water partition coefficient (Wildman–Crippen LogP) is 4.07. The van der Waals surface area contributed by atoms with Gasteiger partial charge in [-0.05, 0) is 35.7 Å². The van der Waals surface area contributed by atoms with Crippen molar-refractivity contribution < 1.29 is 15.0 Å². The molecule has 1 aromatic heterocycles. The van der Waals surface area contributed by atoms with Gasteiger partial charge in [-0.15, -0.1) is 0 Å². The molecule has 0 aliphatic heterocycles. The number of aliphatic hydroxyl groups excluding tert-OH is 1. The Morgan fingerprint density at radius 1 is 1.09 bits per heavy atom. The fraction of sp³-hybridized carbons (Fsp3) is 0.250. The lowest BCUT2D eigenvalue weighted by Gasteiger charge is -2.23. The third-order valence-electron chi connectivity index (χ3n) is 3.42. The normalized spacial score (nSPS) is 13.6. The number of aliphatic hydroxyl groups is 1. The van der Waals surface area contributed by atoms with Gasteiger partial charge >= 0.3 is 5.97 Å². The number of halogens is 2. The Morgan fingerprint density at radius 2 is 1.77 bits per heavy atom. The maximum Gasteiger partial charge on any atom is 0.303 e. The first-order chi connectivity index (χ1) is 10.5. The molecule has 4 nitrogen and oxygen atoms in total. The molecule has 22 heavy (non-hydrogen) atoms. The quantitative estimate of drug-likeness (QED) is 0.832. The van der Waals surface area contributed by atoms with Crippen molar-refractivity contribution >= 4 is 29.2 Å². The Bertz CT molecular complexity index is 646. The van der Waals surface area contributed by atoms with Crippen LogP contribution in [0.4, 0.5) is 0 Å². The summed E-state index contributed by atoms with van der Waals surface area (Å²) < 4.78 is 0. The molecule has 0 bridgehead atoms. The third-order valence-corrected chi connectivity index (χ3v) is 3.87. The zero-order valence-electron chi connectivity index (χ0n) is 11.6. The van der Waals surface area contributed by atoms with Crippen LogP contribution in [-0.2, 0) is 4.79 Å². The van der Waals surface area contributed by atoms with E-state index in [0.717, 1.165) is 0 Å². The summed E-state index contributed by atoms with van der Waals surface area (Å²) >= 11 is 11.8. The number of aromatic nitrogens is 1. The first kappa shape index (κ1) is 16.7. The molecule has 2 unspecified atom stereocenters. The second-order valence-electron chi connectivity index (χ2n) is 4.97. The van der Waals surface area contributed by atoms with Crippen molar-refractivity contribution in [2.24, 2.45) is 0 Å². The Hall–Kier alpha value is -1.62. The van der Waals surface area contributed by atoms with Crippen LogP contribution in [0.25, 0.3) is 0 Å². The van der Waals surface area contributed by atoms with E-state index in [1.165, 1.54) is 6.20 Å². The highest BCUT2D eigenvalue weighted by Gasteiger charge is 2.24. The van der Waals surface area contributed by atoms with Crippen LogP contribution in [0.2, 0.25) is 10.0 Å². The molecule has 0 saturated heterocycles. The van der Waals surface area contributed by atoms with Crippen molar-refractivity contribution in [1.29, 1.82) is 0 Å². The molecule has 0 aliphatic rings. The lowest BCUT2D eigenvalue weighted by atomic mass is 9.86. The van der Waals surface area contributed by atoms with Crippen molar-refractivity contribution in [2.75, 3.05) is 0 Å². The van der Waals surface area contributed by atoms with Crippen LogP contribution < -0.4 is 0 Å². The van der Waals surface area contributed by atoms with E-state index in [1.54, 1.807) is 36.5 Å². The zero-order chi connectivity index (χ0) is 16.1. The number of carboxylic acids is 1. The van der Waals surface area contributed by atoms with E-state index in [9.17, 15) is 9.90 Å². The molecule has 6 heteroatoms. The van der Waals surface area contributed by atoms with Crippen LogP contribution >= 0.6 is 23.2 Å². The van der Waals surface area contributed by atoms with Gasteiger partial charge in [0.15, 0.2) is 0 Å². The minimum atomic E-state index is -0.914. The molecule has 2 atom stereocenters. The van der Waals surface area contributed by atoms with E-state index >= 15 is 0 Å². The molecule has 1 heterocycles. The van der Waals surface area contributed by atoms with Gasteiger partial charge < -0.3 is 10.2 Å². The van der Waals surface area contributed by atoms with Crippen molar-refractivity contribution in [3.8, 4) is 0 Å². The Labute approximate surface area is 138 Å². The molecule has 116 valence electrons. The second kappa shape index (κ2) is 7.58. The first-order valence-electron chi connectivity index (χ1n) is 6.73. The predicted molar refractivity (Wildman–Crippen MR) is 85.3 cm³/mol. The van der Waals surface area contributed by atoms with E-state index in [-0.39, 0.29) is 12.8 Å². The largest absolute Gasteiger partial charge is 0.481 e. The fourth-order valence-electron chi connectivity index (χ4n) is 2.31. The van der Waals surface area contributed by atoms with Gasteiger partial charge in [0.1, 0.15) is 0 Å². The summed E-state index contributed by atoms with van der Waals surface area (Å²) in [6, 6.07) is 8.51. The van der Waals surface area contributed by atoms with Crippen LogP contribution in [0.5, 0.6) is 0 Å². The Balaban J connectivity index is 2.30. The molecular weight excluding hydrogens is 325 g/mol. The smallest absolute Gasteiger partial charge is 0.303 e. The van der Waals surface area contributed by atoms with Gasteiger partial charge in [0.25, 0.3) is 0 Å². The number of hydrogen-bond acceptors (Lipinski definition) is 3. The van der Waals surface area contributed by atoms with Gasteiger partial charge in [0.2, 0.25) is 0 Å². The van der Waals surface area contributed by atoms with Crippen LogP contribution in [0.3, 0.4) is 0 Å². The van der Waals surface area contributed by atoms with E-state index in [0.29, 0.717) is 21.2 Å². The maximum atomic E-state index is 10.9. The fourth-order valence-corrected chi connectivity index (χ4v) is 2.62. The van der Waals surface area contributed by atoms with Crippen molar-refractivity contribution in [2.45, 2.75) is 24.9 Å². The third kappa shape index (κ3) is 4.44. The number of nitrogens with zero attached hydrogens (tertiary/aromatic N) is 1. The minimum Gasteiger partial charge on any atom is -0.481 e. The number of benzene rings is 1. The summed E-state index contributed by atoms with van der Waals surface area (Å²) in [5, 5.41) is 20.6. The lowest BCUT2D eigenvalue weighted by Crippen LogP contribution is -2.13. The summed E-state index contributed by atoms with van der Waals surface area (Å²) in [5.74, 6) is -1.33. The van der Waals surface area contributed by atoms with Crippen LogP contribution in [0.15, 0.2) is 42.7 Å². The number of aliphatic carboxylic acids is 1. The summed E-state index contributed by atoms with van der Waals surface area (Å²) in [6.45, 7) is 0. The average Bonchev–Trinajstić information content (AvgIpc) is 2.48. The molecule has 2 rings (SSSR count). The van der Waals surface area contributed by atoms with Crippen LogP contribution in [0.1, 0.15) is 36.0 Å². The topological polar surface area (TPSA) is 70.4 Å². The molecular formula is C16H15Cl2NO3. The van der Waals surface area contributed by atoms with Crippen molar-refractivity contribution in [1.82, 2.24) is 4.98 Å². The molecule has 0 radical (unpaired) electrons. The summed E-state index contributed by atoms with van der Waals surface area (Å²) in [4.78, 5) is 14.9. The average molecular weight is 340 g/mol. The van der Waals surface area contributed by atoms with Gasteiger partial charge in [-0.2, -0.15) is 0 Å². The van der Waals surface area contributed by atoms with E-state index in [2.05, 4.69) is 4.98 Å². The highest BCUT2D eigenvalue weighted by Crippen LogP contribution is 2.35. The molecule has 0 saturated carbocycles. The SMILES string of the molecule is O=C(O)CCC(c1cncc(Cl)c1)C(O)c1ccc(Cl)cc1. The molecule has 2 N–H and O–H groups in total. The molecule has 0 aliphatic carbocycles. The molecule has 1 aromatic carbocycles.